The Morgan fingerprint density at radius 2 is 2.18 bits per heavy atom. The van der Waals surface area contributed by atoms with Crippen molar-refractivity contribution in [3.63, 3.8) is 0 Å². The molecule has 2 saturated heterocycles. The Balaban J connectivity index is 1.76. The van der Waals surface area contributed by atoms with Crippen LogP contribution in [0, 0.1) is 11.8 Å². The van der Waals surface area contributed by atoms with E-state index in [2.05, 4.69) is 4.90 Å². The van der Waals surface area contributed by atoms with Crippen molar-refractivity contribution in [2.45, 2.75) is 44.2 Å². The molecule has 0 aromatic heterocycles. The van der Waals surface area contributed by atoms with Crippen LogP contribution in [0.4, 0.5) is 0 Å². The van der Waals surface area contributed by atoms with Crippen molar-refractivity contribution in [3.8, 4) is 0 Å². The van der Waals surface area contributed by atoms with Gasteiger partial charge < -0.3 is 4.74 Å². The number of fused-ring (bicyclic) bond motifs is 3. The Morgan fingerprint density at radius 1 is 1.35 bits per heavy atom. The summed E-state index contributed by atoms with van der Waals surface area (Å²) >= 11 is 0. The average Bonchev–Trinajstić information content (AvgIpc) is 2.92. The number of rotatable bonds is 1. The molecule has 17 heavy (non-hydrogen) atoms. The Kier molecular flexibility index (Phi) is 2.69. The highest BCUT2D eigenvalue weighted by Gasteiger charge is 2.52. The van der Waals surface area contributed by atoms with Crippen LogP contribution < -0.4 is 0 Å². The highest BCUT2D eigenvalue weighted by molar-refractivity contribution is 5.90. The van der Waals surface area contributed by atoms with Crippen LogP contribution in [0.5, 0.6) is 0 Å². The molecule has 0 unspecified atom stereocenters. The zero-order valence-corrected chi connectivity index (χ0v) is 10.2. The number of methoxy groups -OCH3 is 1. The molecule has 0 radical (unpaired) electrons. The summed E-state index contributed by atoms with van der Waals surface area (Å²) in [6.45, 7) is 1.07. The molecule has 0 spiro atoms. The lowest BCUT2D eigenvalue weighted by atomic mass is 9.77. The summed E-state index contributed by atoms with van der Waals surface area (Å²) in [7, 11) is 1.43. The smallest absolute Gasteiger partial charge is 0.308 e. The Bertz CT molecular complexity index is 355. The molecular weight excluding hydrogens is 218 g/mol. The van der Waals surface area contributed by atoms with Crippen molar-refractivity contribution in [3.05, 3.63) is 0 Å². The molecule has 2 heterocycles. The van der Waals surface area contributed by atoms with Gasteiger partial charge in [0, 0.05) is 12.0 Å². The second-order valence-corrected chi connectivity index (χ2v) is 5.51. The SMILES string of the molecule is COC(=O)[C@H]1CC[C@@H]2[C@@H](C1)C(=O)[C@@H]1CCCN21. The number of esters is 1. The first-order valence-corrected chi connectivity index (χ1v) is 6.59. The molecule has 1 aliphatic carbocycles. The van der Waals surface area contributed by atoms with Gasteiger partial charge in [-0.25, -0.2) is 0 Å². The maximum absolute atomic E-state index is 12.3. The predicted octanol–water partition coefficient (Wildman–Crippen LogP) is 0.991. The van der Waals surface area contributed by atoms with Gasteiger partial charge in [-0.1, -0.05) is 0 Å². The van der Waals surface area contributed by atoms with Crippen LogP contribution in [-0.2, 0) is 14.3 Å². The van der Waals surface area contributed by atoms with Crippen molar-refractivity contribution in [2.75, 3.05) is 13.7 Å². The van der Waals surface area contributed by atoms with E-state index in [0.717, 1.165) is 32.2 Å². The maximum Gasteiger partial charge on any atom is 0.308 e. The number of carbonyl (C=O) groups excluding carboxylic acids is 2. The molecular formula is C13H19NO3. The number of ketones is 1. The van der Waals surface area contributed by atoms with Crippen LogP contribution in [0.15, 0.2) is 0 Å². The van der Waals surface area contributed by atoms with Gasteiger partial charge in [-0.2, -0.15) is 0 Å². The summed E-state index contributed by atoms with van der Waals surface area (Å²) in [6, 6.07) is 0.581. The van der Waals surface area contributed by atoms with E-state index in [1.165, 1.54) is 7.11 Å². The molecule has 3 rings (SSSR count). The number of ether oxygens (including phenoxy) is 1. The fraction of sp³-hybridized carbons (Fsp3) is 0.846. The Morgan fingerprint density at radius 3 is 2.94 bits per heavy atom. The molecule has 4 nitrogen and oxygen atoms in total. The third kappa shape index (κ3) is 1.61. The molecule has 0 amide bonds. The van der Waals surface area contributed by atoms with E-state index in [9.17, 15) is 9.59 Å². The lowest BCUT2D eigenvalue weighted by Gasteiger charge is -2.33. The van der Waals surface area contributed by atoms with Crippen LogP contribution in [0.3, 0.4) is 0 Å². The van der Waals surface area contributed by atoms with Crippen LogP contribution in [0.1, 0.15) is 32.1 Å². The molecule has 0 aromatic rings. The van der Waals surface area contributed by atoms with Crippen molar-refractivity contribution in [2.24, 2.45) is 11.8 Å². The van der Waals surface area contributed by atoms with Gasteiger partial charge in [0.05, 0.1) is 19.1 Å². The van der Waals surface area contributed by atoms with E-state index in [-0.39, 0.29) is 23.8 Å². The van der Waals surface area contributed by atoms with Gasteiger partial charge in [0.2, 0.25) is 0 Å². The molecule has 0 N–H and O–H groups in total. The monoisotopic (exact) mass is 237 g/mol. The lowest BCUT2D eigenvalue weighted by Crippen LogP contribution is -2.39. The standard InChI is InChI=1S/C13H19NO3/c1-17-13(16)8-4-5-10-9(7-8)12(15)11-3-2-6-14(10)11/h8-11H,2-7H2,1H3/t8-,9+,10+,11-/m0/s1. The molecule has 4 atom stereocenters. The van der Waals surface area contributed by atoms with Gasteiger partial charge in [-0.3, -0.25) is 14.5 Å². The topological polar surface area (TPSA) is 46.6 Å². The van der Waals surface area contributed by atoms with Gasteiger partial charge in [0.25, 0.3) is 0 Å². The first kappa shape index (κ1) is 11.2. The summed E-state index contributed by atoms with van der Waals surface area (Å²) in [5.41, 5.74) is 0. The van der Waals surface area contributed by atoms with Gasteiger partial charge in [-0.15, -0.1) is 0 Å². The van der Waals surface area contributed by atoms with E-state index in [4.69, 9.17) is 4.74 Å². The second-order valence-electron chi connectivity index (χ2n) is 5.51. The van der Waals surface area contributed by atoms with Crippen LogP contribution in [-0.4, -0.2) is 42.4 Å². The number of Topliss-reactive ketones (excluding diaryl/α,β-unsaturated/α-hetero) is 1. The molecule has 0 aromatic carbocycles. The number of carbonyl (C=O) groups is 2. The quantitative estimate of drug-likeness (QED) is 0.638. The largest absolute Gasteiger partial charge is 0.469 e. The van der Waals surface area contributed by atoms with Gasteiger partial charge >= 0.3 is 5.97 Å². The van der Waals surface area contributed by atoms with E-state index in [1.807, 2.05) is 0 Å². The molecule has 3 fully saturated rings. The van der Waals surface area contributed by atoms with Gasteiger partial charge in [0.1, 0.15) is 0 Å². The molecule has 0 bridgehead atoms. The van der Waals surface area contributed by atoms with E-state index >= 15 is 0 Å². The Hall–Kier alpha value is -0.900. The minimum absolute atomic E-state index is 0.0507. The van der Waals surface area contributed by atoms with Gasteiger partial charge in [0.15, 0.2) is 5.78 Å². The Labute approximate surface area is 101 Å². The van der Waals surface area contributed by atoms with Crippen LogP contribution in [0.25, 0.3) is 0 Å². The first-order chi connectivity index (χ1) is 8.22. The maximum atomic E-state index is 12.3. The average molecular weight is 237 g/mol. The first-order valence-electron chi connectivity index (χ1n) is 6.59. The van der Waals surface area contributed by atoms with Crippen molar-refractivity contribution >= 4 is 11.8 Å². The number of hydrogen-bond acceptors (Lipinski definition) is 4. The third-order valence-electron chi connectivity index (χ3n) is 4.76. The van der Waals surface area contributed by atoms with E-state index in [0.29, 0.717) is 18.2 Å². The number of nitrogens with zero attached hydrogens (tertiary/aromatic N) is 1. The second kappa shape index (κ2) is 4.09. The van der Waals surface area contributed by atoms with Crippen molar-refractivity contribution in [1.29, 1.82) is 0 Å². The summed E-state index contributed by atoms with van der Waals surface area (Å²) in [5, 5.41) is 0. The predicted molar refractivity (Wildman–Crippen MR) is 61.4 cm³/mol. The van der Waals surface area contributed by atoms with Crippen molar-refractivity contribution < 1.29 is 14.3 Å². The van der Waals surface area contributed by atoms with Crippen molar-refractivity contribution in [1.82, 2.24) is 4.90 Å². The lowest BCUT2D eigenvalue weighted by molar-refractivity contribution is -0.147. The highest BCUT2D eigenvalue weighted by atomic mass is 16.5. The molecule has 4 heteroatoms. The normalized spacial score (nSPS) is 41.1. The fourth-order valence-corrected chi connectivity index (χ4v) is 3.98. The highest BCUT2D eigenvalue weighted by Crippen LogP contribution is 2.43. The fourth-order valence-electron chi connectivity index (χ4n) is 3.98. The third-order valence-corrected chi connectivity index (χ3v) is 4.76. The molecule has 2 aliphatic heterocycles. The molecule has 3 aliphatic rings. The zero-order chi connectivity index (χ0) is 12.0. The zero-order valence-electron chi connectivity index (χ0n) is 10.2. The van der Waals surface area contributed by atoms with E-state index in [1.54, 1.807) is 0 Å². The van der Waals surface area contributed by atoms with Gasteiger partial charge in [-0.05, 0) is 38.6 Å². The van der Waals surface area contributed by atoms with E-state index < -0.39 is 0 Å². The summed E-state index contributed by atoms with van der Waals surface area (Å²) < 4.78 is 4.80. The number of hydrogen-bond donors (Lipinski definition) is 0. The minimum atomic E-state index is -0.136. The van der Waals surface area contributed by atoms with Crippen LogP contribution in [0.2, 0.25) is 0 Å². The summed E-state index contributed by atoms with van der Waals surface area (Å²) in [4.78, 5) is 26.2. The van der Waals surface area contributed by atoms with Crippen LogP contribution >= 0.6 is 0 Å². The molecule has 1 saturated carbocycles. The minimum Gasteiger partial charge on any atom is -0.469 e. The summed E-state index contributed by atoms with van der Waals surface area (Å²) in [5.74, 6) is 0.299. The molecule has 94 valence electrons. The summed E-state index contributed by atoms with van der Waals surface area (Å²) in [6.07, 6.45) is 4.75.